The summed E-state index contributed by atoms with van der Waals surface area (Å²) in [5.74, 6) is 3.39. The molecule has 1 saturated heterocycles. The predicted molar refractivity (Wildman–Crippen MR) is 105 cm³/mol. The van der Waals surface area contributed by atoms with Gasteiger partial charge in [0.1, 0.15) is 17.4 Å². The summed E-state index contributed by atoms with van der Waals surface area (Å²) in [6.45, 7) is 2.26. The third-order valence-electron chi connectivity index (χ3n) is 5.20. The lowest BCUT2D eigenvalue weighted by atomic mass is 9.89. The molecule has 7 nitrogen and oxygen atoms in total. The van der Waals surface area contributed by atoms with Crippen molar-refractivity contribution in [1.29, 1.82) is 0 Å². The second kappa shape index (κ2) is 8.00. The molecule has 2 aliphatic rings. The van der Waals surface area contributed by atoms with Crippen LogP contribution in [-0.4, -0.2) is 55.3 Å². The van der Waals surface area contributed by atoms with Gasteiger partial charge in [-0.25, -0.2) is 15.0 Å². The highest BCUT2D eigenvalue weighted by atomic mass is 35.5. The minimum Gasteiger partial charge on any atom is -0.368 e. The van der Waals surface area contributed by atoms with E-state index in [0.29, 0.717) is 53.2 Å². The van der Waals surface area contributed by atoms with Crippen LogP contribution in [0.5, 0.6) is 0 Å². The molecule has 0 bridgehead atoms. The number of nitrogens with zero attached hydrogens (tertiary/aromatic N) is 5. The van der Waals surface area contributed by atoms with Gasteiger partial charge in [-0.05, 0) is 30.4 Å². The number of fused-ring (bicyclic) bond motifs is 1. The van der Waals surface area contributed by atoms with Crippen molar-refractivity contribution in [2.24, 2.45) is 5.92 Å². The molecular weight excluding hydrogens is 372 g/mol. The van der Waals surface area contributed by atoms with E-state index in [0.717, 1.165) is 6.54 Å². The van der Waals surface area contributed by atoms with Crippen LogP contribution < -0.4 is 10.2 Å². The quantitative estimate of drug-likeness (QED) is 0.798. The van der Waals surface area contributed by atoms with Gasteiger partial charge in [0, 0.05) is 41.9 Å². The molecule has 9 heteroatoms. The second-order valence-electron chi connectivity index (χ2n) is 6.96. The molecule has 2 aromatic heterocycles. The van der Waals surface area contributed by atoms with Crippen molar-refractivity contribution in [2.75, 3.05) is 41.4 Å². The maximum Gasteiger partial charge on any atom is 0.225 e. The summed E-state index contributed by atoms with van der Waals surface area (Å²) in [7, 11) is -0.747. The number of rotatable bonds is 4. The smallest absolute Gasteiger partial charge is 0.225 e. The Kier molecular flexibility index (Phi) is 5.49. The Balaban J connectivity index is 1.61. The normalized spacial score (nSPS) is 19.8. The van der Waals surface area contributed by atoms with Crippen LogP contribution in [0.2, 0.25) is 5.28 Å². The first-order valence-electron chi connectivity index (χ1n) is 9.23. The van der Waals surface area contributed by atoms with Crippen molar-refractivity contribution in [3.05, 3.63) is 11.6 Å². The Morgan fingerprint density at radius 1 is 1.12 bits per heavy atom. The molecule has 26 heavy (non-hydrogen) atoms. The van der Waals surface area contributed by atoms with Crippen molar-refractivity contribution in [1.82, 2.24) is 19.9 Å². The number of hydrogen-bond acceptors (Lipinski definition) is 7. The molecule has 0 unspecified atom stereocenters. The number of hydrogen-bond donors (Lipinski definition) is 1. The summed E-state index contributed by atoms with van der Waals surface area (Å²) in [6, 6.07) is 0. The molecule has 0 atom stereocenters. The Morgan fingerprint density at radius 3 is 2.65 bits per heavy atom. The molecule has 0 amide bonds. The number of nitrogens with one attached hydrogen (secondary N) is 1. The van der Waals surface area contributed by atoms with Crippen LogP contribution in [0.1, 0.15) is 32.1 Å². The van der Waals surface area contributed by atoms with Gasteiger partial charge in [0.25, 0.3) is 0 Å². The average molecular weight is 395 g/mol. The molecule has 1 N–H and O–H groups in total. The van der Waals surface area contributed by atoms with Gasteiger partial charge < -0.3 is 10.2 Å². The predicted octanol–water partition coefficient (Wildman–Crippen LogP) is 2.63. The molecule has 4 rings (SSSR count). The first-order chi connectivity index (χ1) is 12.7. The topological polar surface area (TPSA) is 83.9 Å². The van der Waals surface area contributed by atoms with Gasteiger partial charge in [-0.1, -0.05) is 19.3 Å². The summed E-state index contributed by atoms with van der Waals surface area (Å²) < 4.78 is 11.7. The van der Waals surface area contributed by atoms with Gasteiger partial charge in [0.15, 0.2) is 11.6 Å². The number of aromatic nitrogens is 4. The van der Waals surface area contributed by atoms with E-state index in [-0.39, 0.29) is 5.28 Å². The van der Waals surface area contributed by atoms with Gasteiger partial charge in [0.05, 0.1) is 0 Å². The van der Waals surface area contributed by atoms with Crippen molar-refractivity contribution in [2.45, 2.75) is 32.1 Å². The number of halogens is 1. The molecule has 2 aromatic rings. The fourth-order valence-electron chi connectivity index (χ4n) is 3.74. The lowest BCUT2D eigenvalue weighted by Gasteiger charge is -2.28. The van der Waals surface area contributed by atoms with E-state index < -0.39 is 10.8 Å². The van der Waals surface area contributed by atoms with E-state index in [4.69, 9.17) is 11.6 Å². The summed E-state index contributed by atoms with van der Waals surface area (Å²) in [5, 5.41) is 3.64. The van der Waals surface area contributed by atoms with E-state index >= 15 is 0 Å². The highest BCUT2D eigenvalue weighted by molar-refractivity contribution is 7.85. The molecule has 1 aliphatic carbocycles. The Hall–Kier alpha value is -1.54. The Bertz CT molecular complexity index is 803. The number of anilines is 2. The van der Waals surface area contributed by atoms with E-state index in [1.807, 2.05) is 0 Å². The highest BCUT2D eigenvalue weighted by Gasteiger charge is 2.22. The van der Waals surface area contributed by atoms with Gasteiger partial charge in [0.2, 0.25) is 5.28 Å². The van der Waals surface area contributed by atoms with Gasteiger partial charge in [-0.2, -0.15) is 4.98 Å². The van der Waals surface area contributed by atoms with Crippen LogP contribution in [0, 0.1) is 5.92 Å². The standard InChI is InChI=1S/C17H23ClN6OS/c18-17-22-13-14(16(23-17)24-6-8-26(25)9-7-24)20-11-21-15(13)19-10-12-4-2-1-3-5-12/h11-12H,1-10H2,(H,19,20,21). The second-order valence-corrected chi connectivity index (χ2v) is 8.99. The van der Waals surface area contributed by atoms with E-state index in [9.17, 15) is 4.21 Å². The van der Waals surface area contributed by atoms with Crippen LogP contribution in [0.4, 0.5) is 11.6 Å². The van der Waals surface area contributed by atoms with Crippen LogP contribution >= 0.6 is 11.6 Å². The highest BCUT2D eigenvalue weighted by Crippen LogP contribution is 2.29. The molecule has 0 radical (unpaired) electrons. The van der Waals surface area contributed by atoms with E-state index in [1.165, 1.54) is 32.1 Å². The zero-order valence-corrected chi connectivity index (χ0v) is 16.2. The van der Waals surface area contributed by atoms with Crippen LogP contribution in [0.25, 0.3) is 11.0 Å². The minimum absolute atomic E-state index is 0.190. The third-order valence-corrected chi connectivity index (χ3v) is 6.64. The lowest BCUT2D eigenvalue weighted by Crippen LogP contribution is -2.38. The van der Waals surface area contributed by atoms with Crippen molar-refractivity contribution >= 4 is 45.1 Å². The molecule has 0 aromatic carbocycles. The molecule has 1 aliphatic heterocycles. The zero-order chi connectivity index (χ0) is 17.9. The maximum absolute atomic E-state index is 11.7. The summed E-state index contributed by atoms with van der Waals surface area (Å²) >= 11 is 6.20. The monoisotopic (exact) mass is 394 g/mol. The molecule has 140 valence electrons. The van der Waals surface area contributed by atoms with Crippen LogP contribution in [0.3, 0.4) is 0 Å². The lowest BCUT2D eigenvalue weighted by molar-refractivity contribution is 0.373. The molecular formula is C17H23ClN6OS. The maximum atomic E-state index is 11.7. The molecule has 1 saturated carbocycles. The average Bonchev–Trinajstić information content (AvgIpc) is 2.67. The molecule has 3 heterocycles. The molecule has 2 fully saturated rings. The van der Waals surface area contributed by atoms with Crippen molar-refractivity contribution in [3.63, 3.8) is 0 Å². The zero-order valence-electron chi connectivity index (χ0n) is 14.7. The van der Waals surface area contributed by atoms with Gasteiger partial charge in [-0.3, -0.25) is 4.21 Å². The van der Waals surface area contributed by atoms with E-state index in [2.05, 4.69) is 30.2 Å². The first-order valence-corrected chi connectivity index (χ1v) is 11.1. The van der Waals surface area contributed by atoms with E-state index in [1.54, 1.807) is 6.33 Å². The SMILES string of the molecule is O=S1CCN(c2nc(Cl)nc3c(NCC4CCCCC4)ncnc23)CC1. The molecule has 0 spiro atoms. The largest absolute Gasteiger partial charge is 0.368 e. The van der Waals surface area contributed by atoms with Gasteiger partial charge in [-0.15, -0.1) is 0 Å². The van der Waals surface area contributed by atoms with Crippen molar-refractivity contribution in [3.8, 4) is 0 Å². The summed E-state index contributed by atoms with van der Waals surface area (Å²) in [6.07, 6.45) is 8.05. The first kappa shape index (κ1) is 17.9. The summed E-state index contributed by atoms with van der Waals surface area (Å²) in [5.41, 5.74) is 1.35. The van der Waals surface area contributed by atoms with Crippen LogP contribution in [-0.2, 0) is 10.8 Å². The third kappa shape index (κ3) is 3.91. The van der Waals surface area contributed by atoms with Crippen LogP contribution in [0.15, 0.2) is 6.33 Å². The van der Waals surface area contributed by atoms with Crippen molar-refractivity contribution < 1.29 is 4.21 Å². The Morgan fingerprint density at radius 2 is 1.88 bits per heavy atom. The fraction of sp³-hybridized carbons (Fsp3) is 0.647. The van der Waals surface area contributed by atoms with Gasteiger partial charge >= 0.3 is 0 Å². The fourth-order valence-corrected chi connectivity index (χ4v) is 4.95. The summed E-state index contributed by atoms with van der Waals surface area (Å²) in [4.78, 5) is 19.7. The minimum atomic E-state index is -0.747. The Labute approximate surface area is 160 Å².